The van der Waals surface area contributed by atoms with Gasteiger partial charge in [0.2, 0.25) is 5.88 Å². The zero-order valence-electron chi connectivity index (χ0n) is 18.6. The number of aromatic nitrogens is 4. The van der Waals surface area contributed by atoms with Gasteiger partial charge >= 0.3 is 0 Å². The molecule has 9 nitrogen and oxygen atoms in total. The number of hydrogen-bond acceptors (Lipinski definition) is 7. The second-order valence-electron chi connectivity index (χ2n) is 7.43. The Morgan fingerprint density at radius 1 is 1.06 bits per heavy atom. The third-order valence-corrected chi connectivity index (χ3v) is 5.35. The molecule has 3 aromatic heterocycles. The van der Waals surface area contributed by atoms with Gasteiger partial charge < -0.3 is 19.2 Å². The van der Waals surface area contributed by atoms with E-state index in [1.807, 2.05) is 48.5 Å². The van der Waals surface area contributed by atoms with Crippen LogP contribution in [0.25, 0.3) is 21.9 Å². The molecule has 3 heterocycles. The molecule has 0 amide bonds. The van der Waals surface area contributed by atoms with Crippen LogP contribution in [0.3, 0.4) is 0 Å². The number of H-pyrrole nitrogens is 1. The largest absolute Gasteiger partial charge is 0.497 e. The fourth-order valence-electron chi connectivity index (χ4n) is 3.64. The molecule has 0 aliphatic heterocycles. The average Bonchev–Trinajstić information content (AvgIpc) is 3.26. The van der Waals surface area contributed by atoms with Crippen LogP contribution in [0.1, 0.15) is 11.1 Å². The minimum Gasteiger partial charge on any atom is -0.497 e. The van der Waals surface area contributed by atoms with Crippen LogP contribution in [0.15, 0.2) is 77.0 Å². The lowest BCUT2D eigenvalue weighted by molar-refractivity contribution is 0.285. The average molecular weight is 455 g/mol. The third kappa shape index (κ3) is 4.06. The van der Waals surface area contributed by atoms with Crippen molar-refractivity contribution in [3.8, 4) is 17.4 Å². The van der Waals surface area contributed by atoms with E-state index in [2.05, 4.69) is 20.1 Å². The Labute approximate surface area is 194 Å². The van der Waals surface area contributed by atoms with E-state index in [1.165, 1.54) is 11.0 Å². The number of benzene rings is 2. The van der Waals surface area contributed by atoms with Gasteiger partial charge in [0.1, 0.15) is 35.5 Å². The lowest BCUT2D eigenvalue weighted by atomic mass is 10.1. The van der Waals surface area contributed by atoms with Crippen molar-refractivity contribution in [2.75, 3.05) is 14.2 Å². The SMILES string of the molecule is COc1ccc2c(c1)[nH]c1c(=O)n(/N=C/c3ccc(OC)c(COc4ccccn4)c3)cnc12. The van der Waals surface area contributed by atoms with Crippen molar-refractivity contribution in [2.45, 2.75) is 6.61 Å². The quantitative estimate of drug-likeness (QED) is 0.375. The Balaban J connectivity index is 1.44. The molecule has 0 bridgehead atoms. The number of nitrogens with zero attached hydrogens (tertiary/aromatic N) is 4. The summed E-state index contributed by atoms with van der Waals surface area (Å²) in [5, 5.41) is 5.17. The molecule has 0 aliphatic rings. The number of rotatable bonds is 7. The van der Waals surface area contributed by atoms with E-state index in [4.69, 9.17) is 14.2 Å². The summed E-state index contributed by atoms with van der Waals surface area (Å²) in [7, 11) is 3.20. The fourth-order valence-corrected chi connectivity index (χ4v) is 3.64. The second-order valence-corrected chi connectivity index (χ2v) is 7.43. The van der Waals surface area contributed by atoms with Gasteiger partial charge in [0.05, 0.1) is 26.0 Å². The molecule has 9 heteroatoms. The number of methoxy groups -OCH3 is 2. The van der Waals surface area contributed by atoms with E-state index in [0.717, 1.165) is 22.0 Å². The number of pyridine rings is 1. The molecule has 0 spiro atoms. The second kappa shape index (κ2) is 9.07. The molecule has 170 valence electrons. The topological polar surface area (TPSA) is 104 Å². The Kier molecular flexibility index (Phi) is 5.65. The maximum absolute atomic E-state index is 13.0. The number of fused-ring (bicyclic) bond motifs is 3. The molecule has 0 aliphatic carbocycles. The first kappa shape index (κ1) is 21.2. The molecule has 0 saturated heterocycles. The van der Waals surface area contributed by atoms with Crippen molar-refractivity contribution in [3.63, 3.8) is 0 Å². The molecular formula is C25H21N5O4. The molecule has 0 saturated carbocycles. The van der Waals surface area contributed by atoms with Crippen molar-refractivity contribution < 1.29 is 14.2 Å². The third-order valence-electron chi connectivity index (χ3n) is 5.35. The number of aromatic amines is 1. The molecule has 34 heavy (non-hydrogen) atoms. The first-order valence-corrected chi connectivity index (χ1v) is 10.5. The first-order valence-electron chi connectivity index (χ1n) is 10.5. The summed E-state index contributed by atoms with van der Waals surface area (Å²) >= 11 is 0. The normalized spacial score (nSPS) is 11.4. The van der Waals surface area contributed by atoms with Crippen LogP contribution < -0.4 is 19.8 Å². The predicted octanol–water partition coefficient (Wildman–Crippen LogP) is 3.75. The smallest absolute Gasteiger partial charge is 0.298 e. The fraction of sp³-hybridized carbons (Fsp3) is 0.120. The Bertz CT molecular complexity index is 1560. The van der Waals surface area contributed by atoms with Crippen molar-refractivity contribution in [2.24, 2.45) is 5.10 Å². The molecule has 5 aromatic rings. The molecule has 2 aromatic carbocycles. The summed E-state index contributed by atoms with van der Waals surface area (Å²) < 4.78 is 17.6. The van der Waals surface area contributed by atoms with Gasteiger partial charge in [-0.15, -0.1) is 0 Å². The van der Waals surface area contributed by atoms with E-state index in [-0.39, 0.29) is 12.2 Å². The van der Waals surface area contributed by atoms with Crippen LogP contribution in [-0.2, 0) is 6.61 Å². The van der Waals surface area contributed by atoms with Crippen LogP contribution in [0.4, 0.5) is 0 Å². The van der Waals surface area contributed by atoms with Crippen molar-refractivity contribution in [1.82, 2.24) is 19.6 Å². The van der Waals surface area contributed by atoms with Crippen LogP contribution in [0.2, 0.25) is 0 Å². The molecule has 5 rings (SSSR count). The predicted molar refractivity (Wildman–Crippen MR) is 129 cm³/mol. The maximum atomic E-state index is 13.0. The van der Waals surface area contributed by atoms with Gasteiger partial charge in [0, 0.05) is 29.3 Å². The molecule has 1 N–H and O–H groups in total. The summed E-state index contributed by atoms with van der Waals surface area (Å²) in [6.07, 6.45) is 4.67. The van der Waals surface area contributed by atoms with Crippen LogP contribution in [0.5, 0.6) is 17.4 Å². The maximum Gasteiger partial charge on any atom is 0.298 e. The van der Waals surface area contributed by atoms with E-state index in [0.29, 0.717) is 28.4 Å². The van der Waals surface area contributed by atoms with Gasteiger partial charge in [-0.1, -0.05) is 6.07 Å². The van der Waals surface area contributed by atoms with Crippen molar-refractivity contribution in [3.05, 3.63) is 88.6 Å². The monoisotopic (exact) mass is 455 g/mol. The van der Waals surface area contributed by atoms with E-state index in [1.54, 1.807) is 32.7 Å². The number of hydrogen-bond donors (Lipinski definition) is 1. The van der Waals surface area contributed by atoms with Crippen LogP contribution in [-0.4, -0.2) is 40.1 Å². The van der Waals surface area contributed by atoms with Crippen molar-refractivity contribution in [1.29, 1.82) is 0 Å². The van der Waals surface area contributed by atoms with Gasteiger partial charge in [-0.25, -0.2) is 9.97 Å². The molecule has 0 radical (unpaired) electrons. The summed E-state index contributed by atoms with van der Waals surface area (Å²) in [5.74, 6) is 1.90. The zero-order valence-corrected chi connectivity index (χ0v) is 18.6. The minimum atomic E-state index is -0.302. The summed E-state index contributed by atoms with van der Waals surface area (Å²) in [5.41, 5.74) is 3.03. The zero-order chi connectivity index (χ0) is 23.5. The first-order chi connectivity index (χ1) is 16.7. The van der Waals surface area contributed by atoms with E-state index < -0.39 is 0 Å². The van der Waals surface area contributed by atoms with Gasteiger partial charge in [-0.2, -0.15) is 9.78 Å². The van der Waals surface area contributed by atoms with Crippen LogP contribution >= 0.6 is 0 Å². The molecule has 0 fully saturated rings. The highest BCUT2D eigenvalue weighted by Gasteiger charge is 2.11. The lowest BCUT2D eigenvalue weighted by Gasteiger charge is -2.10. The minimum absolute atomic E-state index is 0.272. The molecule has 0 unspecified atom stereocenters. The number of ether oxygens (including phenoxy) is 3. The summed E-state index contributed by atoms with van der Waals surface area (Å²) in [4.78, 5) is 24.7. The van der Waals surface area contributed by atoms with E-state index in [9.17, 15) is 4.79 Å². The van der Waals surface area contributed by atoms with Crippen molar-refractivity contribution >= 4 is 28.2 Å². The van der Waals surface area contributed by atoms with Gasteiger partial charge in [-0.05, 0) is 42.0 Å². The van der Waals surface area contributed by atoms with Gasteiger partial charge in [0.15, 0.2) is 0 Å². The summed E-state index contributed by atoms with van der Waals surface area (Å²) in [6.45, 7) is 0.272. The van der Waals surface area contributed by atoms with Gasteiger partial charge in [-0.3, -0.25) is 4.79 Å². The highest BCUT2D eigenvalue weighted by Crippen LogP contribution is 2.25. The molecular weight excluding hydrogens is 434 g/mol. The Hall–Kier alpha value is -4.66. The number of nitrogens with one attached hydrogen (secondary N) is 1. The van der Waals surface area contributed by atoms with Gasteiger partial charge in [0.25, 0.3) is 5.56 Å². The lowest BCUT2D eigenvalue weighted by Crippen LogP contribution is -2.17. The Morgan fingerprint density at radius 2 is 1.97 bits per heavy atom. The van der Waals surface area contributed by atoms with E-state index >= 15 is 0 Å². The summed E-state index contributed by atoms with van der Waals surface area (Å²) in [6, 6.07) is 16.6. The standard InChI is InChI=1S/C25H21N5O4/c1-32-18-7-8-19-20(12-18)29-24-23(19)27-15-30(25(24)31)28-13-16-6-9-21(33-2)17(11-16)14-34-22-5-3-4-10-26-22/h3-13,15,29H,14H2,1-2H3/b28-13+. The Morgan fingerprint density at radius 3 is 2.76 bits per heavy atom. The highest BCUT2D eigenvalue weighted by atomic mass is 16.5. The van der Waals surface area contributed by atoms with Crippen LogP contribution in [0, 0.1) is 0 Å². The highest BCUT2D eigenvalue weighted by molar-refractivity contribution is 6.04. The molecule has 0 atom stereocenters.